The van der Waals surface area contributed by atoms with Crippen molar-refractivity contribution in [3.05, 3.63) is 46.8 Å². The van der Waals surface area contributed by atoms with Crippen LogP contribution in [-0.2, 0) is 16.0 Å². The lowest BCUT2D eigenvalue weighted by molar-refractivity contribution is -0.134. The Bertz CT molecular complexity index is 828. The van der Waals surface area contributed by atoms with E-state index in [-0.39, 0.29) is 0 Å². The van der Waals surface area contributed by atoms with E-state index < -0.39 is 11.9 Å². The number of anilines is 1. The van der Waals surface area contributed by atoms with Gasteiger partial charge in [0.2, 0.25) is 0 Å². The molecule has 1 saturated heterocycles. The minimum absolute atomic E-state index is 0.558. The molecule has 3 heterocycles. The maximum atomic E-state index is 9.55. The maximum absolute atomic E-state index is 9.55. The van der Waals surface area contributed by atoms with Gasteiger partial charge >= 0.3 is 11.9 Å². The van der Waals surface area contributed by atoms with Crippen molar-refractivity contribution in [3.8, 4) is 11.1 Å². The van der Waals surface area contributed by atoms with Crippen molar-refractivity contribution in [2.45, 2.75) is 26.2 Å². The van der Waals surface area contributed by atoms with E-state index >= 15 is 0 Å². The fourth-order valence-electron chi connectivity index (χ4n) is 2.99. The van der Waals surface area contributed by atoms with Gasteiger partial charge in [-0.1, -0.05) is 13.3 Å². The monoisotopic (exact) mass is 431 g/mol. The highest BCUT2D eigenvalue weighted by Crippen LogP contribution is 2.27. The first-order valence-electron chi connectivity index (χ1n) is 10.00. The van der Waals surface area contributed by atoms with Crippen LogP contribution in [-0.4, -0.2) is 65.3 Å². The van der Waals surface area contributed by atoms with Crippen molar-refractivity contribution in [3.63, 3.8) is 0 Å². The van der Waals surface area contributed by atoms with Crippen LogP contribution in [0.15, 0.2) is 41.1 Å². The Balaban J connectivity index is 0.000000343. The molecule has 8 heteroatoms. The molecule has 2 aromatic rings. The number of carboxylic acids is 2. The van der Waals surface area contributed by atoms with E-state index in [1.54, 1.807) is 11.3 Å². The van der Waals surface area contributed by atoms with Crippen molar-refractivity contribution in [1.29, 1.82) is 0 Å². The molecular formula is C22H29N3O4S. The lowest BCUT2D eigenvalue weighted by atomic mass is 10.1. The number of hydrogen-bond donors (Lipinski definition) is 2. The first kappa shape index (κ1) is 23.6. The van der Waals surface area contributed by atoms with Gasteiger partial charge in [0.1, 0.15) is 5.82 Å². The molecule has 0 saturated carbocycles. The third kappa shape index (κ3) is 7.96. The number of carboxylic acid groups (broad SMARTS) is 2. The highest BCUT2D eigenvalue weighted by molar-refractivity contribution is 7.08. The Morgan fingerprint density at radius 3 is 2.30 bits per heavy atom. The van der Waals surface area contributed by atoms with Gasteiger partial charge in [-0.2, -0.15) is 11.3 Å². The third-order valence-electron chi connectivity index (χ3n) is 4.70. The number of aromatic nitrogens is 1. The summed E-state index contributed by atoms with van der Waals surface area (Å²) < 4.78 is 0. The van der Waals surface area contributed by atoms with E-state index in [0.717, 1.165) is 38.4 Å². The number of carbonyl (C=O) groups is 2. The first-order chi connectivity index (χ1) is 14.4. The van der Waals surface area contributed by atoms with E-state index in [1.807, 2.05) is 0 Å². The fourth-order valence-corrected chi connectivity index (χ4v) is 3.66. The molecule has 0 unspecified atom stereocenters. The molecule has 0 atom stereocenters. The van der Waals surface area contributed by atoms with Gasteiger partial charge < -0.3 is 20.0 Å². The molecule has 2 N–H and O–H groups in total. The summed E-state index contributed by atoms with van der Waals surface area (Å²) >= 11 is 1.76. The summed E-state index contributed by atoms with van der Waals surface area (Å²) in [6, 6.07) is 6.75. The second-order valence-corrected chi connectivity index (χ2v) is 7.90. The Kier molecular flexibility index (Phi) is 9.50. The Morgan fingerprint density at radius 1 is 1.10 bits per heavy atom. The van der Waals surface area contributed by atoms with Crippen molar-refractivity contribution in [1.82, 2.24) is 9.88 Å². The molecule has 0 radical (unpaired) electrons. The lowest BCUT2D eigenvalue weighted by Gasteiger charge is -2.33. The second kappa shape index (κ2) is 12.1. The van der Waals surface area contributed by atoms with Gasteiger partial charge in [-0.3, -0.25) is 0 Å². The summed E-state index contributed by atoms with van der Waals surface area (Å²) in [5.74, 6) is -1.36. The van der Waals surface area contributed by atoms with Crippen LogP contribution >= 0.6 is 11.3 Å². The Labute approximate surface area is 181 Å². The molecule has 0 aliphatic carbocycles. The van der Waals surface area contributed by atoms with Gasteiger partial charge in [-0.05, 0) is 60.0 Å². The molecule has 0 spiro atoms. The third-order valence-corrected chi connectivity index (χ3v) is 5.38. The lowest BCUT2D eigenvalue weighted by Crippen LogP contribution is -2.44. The number of piperazine rings is 1. The molecule has 30 heavy (non-hydrogen) atoms. The zero-order valence-electron chi connectivity index (χ0n) is 17.5. The standard InChI is InChI=1S/C18H25N3S.C4H4O4/c1-3-4-5-17-12-16(15-6-11-22-14-15)13-18(19-17)21-9-7-20(2)8-10-21;5-3(6)1-2-4(7)8/h6,11-14H,3-5,7-10H2,1-2H3;1-2H,(H,5,6)(H,7,8)/b;2-1+. The molecule has 1 aliphatic heterocycles. The summed E-state index contributed by atoms with van der Waals surface area (Å²) in [7, 11) is 2.19. The van der Waals surface area contributed by atoms with Gasteiger partial charge in [0.15, 0.2) is 0 Å². The zero-order chi connectivity index (χ0) is 21.9. The van der Waals surface area contributed by atoms with Crippen LogP contribution in [0.1, 0.15) is 25.5 Å². The highest BCUT2D eigenvalue weighted by atomic mass is 32.1. The van der Waals surface area contributed by atoms with E-state index in [0.29, 0.717) is 12.2 Å². The average Bonchev–Trinajstić information content (AvgIpc) is 3.26. The summed E-state index contributed by atoms with van der Waals surface area (Å²) in [5.41, 5.74) is 3.87. The van der Waals surface area contributed by atoms with Crippen LogP contribution < -0.4 is 4.90 Å². The molecule has 1 fully saturated rings. The number of hydrogen-bond acceptors (Lipinski definition) is 6. The van der Waals surface area contributed by atoms with Crippen LogP contribution in [0.3, 0.4) is 0 Å². The number of rotatable bonds is 7. The number of aryl methyl sites for hydroxylation is 1. The van der Waals surface area contributed by atoms with Crippen molar-refractivity contribution in [2.75, 3.05) is 38.1 Å². The predicted molar refractivity (Wildman–Crippen MR) is 120 cm³/mol. The van der Waals surface area contributed by atoms with Gasteiger partial charge in [0.25, 0.3) is 0 Å². The first-order valence-corrected chi connectivity index (χ1v) is 10.9. The van der Waals surface area contributed by atoms with E-state index in [4.69, 9.17) is 15.2 Å². The van der Waals surface area contributed by atoms with E-state index in [1.165, 1.54) is 29.7 Å². The van der Waals surface area contributed by atoms with Crippen LogP contribution in [0, 0.1) is 0 Å². The van der Waals surface area contributed by atoms with Crippen molar-refractivity contribution >= 4 is 29.1 Å². The van der Waals surface area contributed by atoms with Gasteiger partial charge in [-0.15, -0.1) is 0 Å². The number of aliphatic carboxylic acids is 2. The smallest absolute Gasteiger partial charge is 0.328 e. The molecule has 0 aromatic carbocycles. The minimum Gasteiger partial charge on any atom is -0.478 e. The second-order valence-electron chi connectivity index (χ2n) is 7.12. The van der Waals surface area contributed by atoms with Gasteiger partial charge in [-0.25, -0.2) is 14.6 Å². The van der Waals surface area contributed by atoms with Crippen LogP contribution in [0.2, 0.25) is 0 Å². The molecule has 0 bridgehead atoms. The highest BCUT2D eigenvalue weighted by Gasteiger charge is 2.17. The summed E-state index contributed by atoms with van der Waals surface area (Å²) in [4.78, 5) is 28.9. The zero-order valence-corrected chi connectivity index (χ0v) is 18.3. The molecule has 1 aliphatic rings. The largest absolute Gasteiger partial charge is 0.478 e. The molecule has 2 aromatic heterocycles. The molecule has 0 amide bonds. The Morgan fingerprint density at radius 2 is 1.77 bits per heavy atom. The molecule has 7 nitrogen and oxygen atoms in total. The molecular weight excluding hydrogens is 402 g/mol. The minimum atomic E-state index is -1.26. The number of likely N-dealkylation sites (N-methyl/N-ethyl adjacent to an activating group) is 1. The van der Waals surface area contributed by atoms with E-state index in [9.17, 15) is 9.59 Å². The number of unbranched alkanes of at least 4 members (excludes halogenated alkanes) is 1. The summed E-state index contributed by atoms with van der Waals surface area (Å²) in [6.45, 7) is 6.63. The van der Waals surface area contributed by atoms with Gasteiger partial charge in [0, 0.05) is 44.0 Å². The predicted octanol–water partition coefficient (Wildman–Crippen LogP) is 3.62. The normalized spacial score (nSPS) is 14.4. The quantitative estimate of drug-likeness (QED) is 0.647. The molecule has 3 rings (SSSR count). The topological polar surface area (TPSA) is 94.0 Å². The van der Waals surface area contributed by atoms with Crippen LogP contribution in [0.25, 0.3) is 11.1 Å². The summed E-state index contributed by atoms with van der Waals surface area (Å²) in [6.07, 6.45) is 4.62. The van der Waals surface area contributed by atoms with E-state index in [2.05, 4.69) is 52.7 Å². The number of thiophene rings is 1. The van der Waals surface area contributed by atoms with Crippen LogP contribution in [0.5, 0.6) is 0 Å². The SMILES string of the molecule is CCCCc1cc(-c2ccsc2)cc(N2CCN(C)CC2)n1.O=C(O)/C=C/C(=O)O. The van der Waals surface area contributed by atoms with Crippen molar-refractivity contribution in [2.24, 2.45) is 0 Å². The Hall–Kier alpha value is -2.71. The molecule has 162 valence electrons. The number of nitrogens with zero attached hydrogens (tertiary/aromatic N) is 3. The maximum Gasteiger partial charge on any atom is 0.328 e. The summed E-state index contributed by atoms with van der Waals surface area (Å²) in [5, 5.41) is 20.0. The van der Waals surface area contributed by atoms with Gasteiger partial charge in [0.05, 0.1) is 0 Å². The van der Waals surface area contributed by atoms with Crippen LogP contribution in [0.4, 0.5) is 5.82 Å². The average molecular weight is 432 g/mol. The number of pyridine rings is 1. The fraction of sp³-hybridized carbons (Fsp3) is 0.409. The van der Waals surface area contributed by atoms with Crippen molar-refractivity contribution < 1.29 is 19.8 Å².